The van der Waals surface area contributed by atoms with Gasteiger partial charge in [-0.2, -0.15) is 0 Å². The van der Waals surface area contributed by atoms with Gasteiger partial charge in [-0.05, 0) is 39.8 Å². The van der Waals surface area contributed by atoms with Crippen LogP contribution in [0.1, 0.15) is 26.7 Å². The van der Waals surface area contributed by atoms with E-state index in [1.54, 1.807) is 0 Å². The zero-order valence-corrected chi connectivity index (χ0v) is 11.9. The molecule has 1 aliphatic rings. The number of nitrogens with one attached hydrogen (secondary N) is 2. The van der Waals surface area contributed by atoms with E-state index in [9.17, 15) is 0 Å². The Labute approximate surface area is 115 Å². The molecule has 4 nitrogen and oxygen atoms in total. The Morgan fingerprint density at radius 2 is 1.18 bits per heavy atom. The van der Waals surface area contributed by atoms with Crippen molar-refractivity contribution in [2.45, 2.75) is 26.7 Å². The second kappa shape index (κ2) is 10.9. The molecule has 0 unspecified atom stereocenters. The van der Waals surface area contributed by atoms with Gasteiger partial charge >= 0.3 is 16.5 Å². The summed E-state index contributed by atoms with van der Waals surface area (Å²) in [6, 6.07) is 0. The van der Waals surface area contributed by atoms with Crippen molar-refractivity contribution in [3.63, 3.8) is 0 Å². The van der Waals surface area contributed by atoms with E-state index in [0.717, 1.165) is 63.5 Å². The molecule has 0 aromatic carbocycles. The normalized spacial score (nSPS) is 20.6. The first kappa shape index (κ1) is 16.8. The first-order valence-corrected chi connectivity index (χ1v) is 6.24. The summed E-state index contributed by atoms with van der Waals surface area (Å²) in [5.41, 5.74) is 2.18. The fraction of sp³-hybridized carbons (Fsp3) is 0.833. The average Bonchev–Trinajstić information content (AvgIpc) is 2.29. The van der Waals surface area contributed by atoms with Gasteiger partial charge in [0.15, 0.2) is 0 Å². The van der Waals surface area contributed by atoms with E-state index in [-0.39, 0.29) is 16.5 Å². The second-order valence-corrected chi connectivity index (χ2v) is 4.14. The number of hydrogen-bond donors (Lipinski definition) is 2. The van der Waals surface area contributed by atoms with Crippen molar-refractivity contribution in [1.82, 2.24) is 10.6 Å². The van der Waals surface area contributed by atoms with Crippen LogP contribution in [0.2, 0.25) is 0 Å². The van der Waals surface area contributed by atoms with Crippen molar-refractivity contribution < 1.29 is 16.5 Å². The molecule has 0 amide bonds. The quantitative estimate of drug-likeness (QED) is 0.648. The largest absolute Gasteiger partial charge is 2.00 e. The van der Waals surface area contributed by atoms with Gasteiger partial charge in [-0.15, -0.1) is 0 Å². The Morgan fingerprint density at radius 3 is 1.59 bits per heavy atom. The summed E-state index contributed by atoms with van der Waals surface area (Å²) in [5, 5.41) is 6.81. The molecule has 0 spiro atoms. The van der Waals surface area contributed by atoms with Gasteiger partial charge in [0.1, 0.15) is 0 Å². The van der Waals surface area contributed by atoms with Crippen LogP contribution in [-0.4, -0.2) is 50.7 Å². The third-order valence-electron chi connectivity index (χ3n) is 2.72. The fourth-order valence-electron chi connectivity index (χ4n) is 1.56. The minimum atomic E-state index is 0. The monoisotopic (exact) mass is 282 g/mol. The topological polar surface area (TPSA) is 48.8 Å². The van der Waals surface area contributed by atoms with Crippen molar-refractivity contribution in [3.8, 4) is 0 Å². The first-order chi connectivity index (χ1) is 7.80. The van der Waals surface area contributed by atoms with Gasteiger partial charge < -0.3 is 10.6 Å². The zero-order chi connectivity index (χ0) is 11.6. The van der Waals surface area contributed by atoms with Crippen LogP contribution in [-0.2, 0) is 16.5 Å². The molecule has 100 valence electrons. The van der Waals surface area contributed by atoms with E-state index in [1.807, 2.05) is 0 Å². The molecule has 0 fully saturated rings. The van der Waals surface area contributed by atoms with Gasteiger partial charge in [-0.1, -0.05) is 0 Å². The maximum Gasteiger partial charge on any atom is 2.00 e. The minimum Gasteiger partial charge on any atom is -0.315 e. The summed E-state index contributed by atoms with van der Waals surface area (Å²) >= 11 is 0. The van der Waals surface area contributed by atoms with E-state index in [4.69, 9.17) is 0 Å². The predicted octanol–water partition coefficient (Wildman–Crippen LogP) is 0.879. The van der Waals surface area contributed by atoms with Crippen LogP contribution >= 0.6 is 0 Å². The Hall–Kier alpha value is -0.246. The van der Waals surface area contributed by atoms with Gasteiger partial charge in [0, 0.05) is 26.2 Å². The molecule has 1 aliphatic heterocycles. The number of hydrogen-bond acceptors (Lipinski definition) is 4. The molecule has 17 heavy (non-hydrogen) atoms. The predicted molar refractivity (Wildman–Crippen MR) is 70.9 cm³/mol. The van der Waals surface area contributed by atoms with Gasteiger partial charge in [0.25, 0.3) is 0 Å². The molecule has 0 bridgehead atoms. The van der Waals surface area contributed by atoms with Crippen LogP contribution in [0.25, 0.3) is 0 Å². The van der Waals surface area contributed by atoms with Crippen molar-refractivity contribution in [1.29, 1.82) is 0 Å². The Balaban J connectivity index is 0.00000256. The van der Waals surface area contributed by atoms with Gasteiger partial charge in [0.05, 0.1) is 11.4 Å². The van der Waals surface area contributed by atoms with Crippen molar-refractivity contribution in [3.05, 3.63) is 0 Å². The van der Waals surface area contributed by atoms with E-state index in [0.29, 0.717) is 0 Å². The maximum absolute atomic E-state index is 4.52. The van der Waals surface area contributed by atoms with Crippen LogP contribution in [0.4, 0.5) is 0 Å². The van der Waals surface area contributed by atoms with Crippen LogP contribution < -0.4 is 10.6 Å². The van der Waals surface area contributed by atoms with E-state index in [2.05, 4.69) is 34.5 Å². The van der Waals surface area contributed by atoms with Crippen molar-refractivity contribution >= 4 is 11.4 Å². The molecule has 1 rings (SSSR count). The Bertz CT molecular complexity index is 225. The van der Waals surface area contributed by atoms with Crippen LogP contribution in [0.5, 0.6) is 0 Å². The van der Waals surface area contributed by atoms with E-state index in [1.165, 1.54) is 0 Å². The Morgan fingerprint density at radius 1 is 0.765 bits per heavy atom. The molecule has 0 atom stereocenters. The molecule has 5 heteroatoms. The molecule has 0 aromatic heterocycles. The summed E-state index contributed by atoms with van der Waals surface area (Å²) in [4.78, 5) is 9.05. The van der Waals surface area contributed by atoms with Crippen molar-refractivity contribution in [2.24, 2.45) is 9.98 Å². The third-order valence-corrected chi connectivity index (χ3v) is 2.72. The second-order valence-electron chi connectivity index (χ2n) is 4.14. The average molecular weight is 283 g/mol. The summed E-state index contributed by atoms with van der Waals surface area (Å²) < 4.78 is 0. The molecule has 0 saturated heterocycles. The smallest absolute Gasteiger partial charge is 0.315 e. The van der Waals surface area contributed by atoms with Gasteiger partial charge in [-0.3, -0.25) is 9.98 Å². The molecule has 1 heterocycles. The molecule has 0 radical (unpaired) electrons. The van der Waals surface area contributed by atoms with Crippen LogP contribution in [0.3, 0.4) is 0 Å². The summed E-state index contributed by atoms with van der Waals surface area (Å²) in [6.07, 6.45) is 2.20. The maximum atomic E-state index is 4.52. The molecule has 0 aliphatic carbocycles. The SMILES string of the molecule is CC1=NCCCNCCNCCCN=C1C.[Ni+2]. The standard InChI is InChI=1S/C12H24N4.Ni/c1-11-12(2)16-8-4-6-14-10-9-13-5-3-7-15-11;/h13-14H,3-10H2,1-2H3;/q;+2. The minimum absolute atomic E-state index is 0. The van der Waals surface area contributed by atoms with Crippen LogP contribution in [0, 0.1) is 0 Å². The molecule has 0 saturated carbocycles. The van der Waals surface area contributed by atoms with E-state index < -0.39 is 0 Å². The third kappa shape index (κ3) is 8.47. The molecule has 2 N–H and O–H groups in total. The fourth-order valence-corrected chi connectivity index (χ4v) is 1.56. The van der Waals surface area contributed by atoms with Crippen LogP contribution in [0.15, 0.2) is 9.98 Å². The Kier molecular flexibility index (Phi) is 10.7. The summed E-state index contributed by atoms with van der Waals surface area (Å²) in [7, 11) is 0. The van der Waals surface area contributed by atoms with Crippen molar-refractivity contribution in [2.75, 3.05) is 39.3 Å². The molecular formula is C12H24N4Ni+2. The number of aliphatic imine (C=N–C) groups is 2. The number of rotatable bonds is 0. The zero-order valence-electron chi connectivity index (χ0n) is 10.9. The van der Waals surface area contributed by atoms with Gasteiger partial charge in [-0.25, -0.2) is 0 Å². The molecule has 0 aromatic rings. The first-order valence-electron chi connectivity index (χ1n) is 6.24. The summed E-state index contributed by atoms with van der Waals surface area (Å²) in [5.74, 6) is 0. The van der Waals surface area contributed by atoms with E-state index >= 15 is 0 Å². The van der Waals surface area contributed by atoms with Gasteiger partial charge in [0.2, 0.25) is 0 Å². The molecular weight excluding hydrogens is 259 g/mol. The number of nitrogens with zero attached hydrogens (tertiary/aromatic N) is 2. The summed E-state index contributed by atoms with van der Waals surface area (Å²) in [6.45, 7) is 10.1.